The van der Waals surface area contributed by atoms with Gasteiger partial charge in [0.05, 0.1) is 0 Å². The SMILES string of the molecule is CC(C)NC(=O)NC[C@@H]1C[C@H]2CCN1C[C@@H]2CN1CCC(Cc2ccccc2)CC1. The van der Waals surface area contributed by atoms with Gasteiger partial charge in [0.25, 0.3) is 0 Å². The Kier molecular flexibility index (Phi) is 7.32. The van der Waals surface area contributed by atoms with Crippen molar-refractivity contribution in [1.29, 1.82) is 0 Å². The molecule has 5 heteroatoms. The molecule has 2 amide bonds. The Bertz CT molecular complexity index is 671. The maximum atomic E-state index is 11.9. The number of benzene rings is 1. The van der Waals surface area contributed by atoms with E-state index in [0.717, 1.165) is 24.3 Å². The standard InChI is InChI=1S/C25H40N4O/c1-19(2)27-25(30)26-16-24-15-22-10-13-29(24)18-23(22)17-28-11-8-21(9-12-28)14-20-6-4-3-5-7-20/h3-7,19,21-24H,8-18H2,1-2H3,(H2,26,27,30)/t22-,23+,24+/m1/s1. The molecule has 0 aromatic heterocycles. The van der Waals surface area contributed by atoms with E-state index in [4.69, 9.17) is 0 Å². The van der Waals surface area contributed by atoms with E-state index < -0.39 is 0 Å². The fourth-order valence-electron chi connectivity index (χ4n) is 5.84. The van der Waals surface area contributed by atoms with Crippen molar-refractivity contribution in [2.45, 2.75) is 58.0 Å². The van der Waals surface area contributed by atoms with Crippen LogP contribution in [0.1, 0.15) is 45.1 Å². The summed E-state index contributed by atoms with van der Waals surface area (Å²) in [5, 5.41) is 6.02. The summed E-state index contributed by atoms with van der Waals surface area (Å²) in [5.74, 6) is 2.49. The Labute approximate surface area is 182 Å². The van der Waals surface area contributed by atoms with Crippen LogP contribution < -0.4 is 10.6 Å². The van der Waals surface area contributed by atoms with E-state index in [-0.39, 0.29) is 12.1 Å². The summed E-state index contributed by atoms with van der Waals surface area (Å²) in [6.07, 6.45) is 6.51. The number of amides is 2. The first-order valence-corrected chi connectivity index (χ1v) is 12.1. The summed E-state index contributed by atoms with van der Waals surface area (Å²) in [6, 6.07) is 11.7. The van der Waals surface area contributed by atoms with Crippen LogP contribution in [0.25, 0.3) is 0 Å². The van der Waals surface area contributed by atoms with Gasteiger partial charge in [-0.15, -0.1) is 0 Å². The van der Waals surface area contributed by atoms with Crippen LogP contribution in [0, 0.1) is 17.8 Å². The van der Waals surface area contributed by atoms with Crippen molar-refractivity contribution in [2.75, 3.05) is 39.3 Å². The first-order valence-electron chi connectivity index (χ1n) is 12.1. The second-order valence-corrected chi connectivity index (χ2v) is 10.1. The van der Waals surface area contributed by atoms with E-state index >= 15 is 0 Å². The summed E-state index contributed by atoms with van der Waals surface area (Å²) in [6.45, 7) is 11.0. The Morgan fingerprint density at radius 3 is 2.53 bits per heavy atom. The van der Waals surface area contributed by atoms with Crippen LogP contribution in [0.3, 0.4) is 0 Å². The minimum absolute atomic E-state index is 0.0254. The fraction of sp³-hybridized carbons (Fsp3) is 0.720. The van der Waals surface area contributed by atoms with Gasteiger partial charge in [-0.05, 0) is 88.9 Å². The van der Waals surface area contributed by atoms with Crippen LogP contribution >= 0.6 is 0 Å². The molecule has 30 heavy (non-hydrogen) atoms. The van der Waals surface area contributed by atoms with E-state index in [0.29, 0.717) is 6.04 Å². The van der Waals surface area contributed by atoms with Crippen molar-refractivity contribution in [2.24, 2.45) is 17.8 Å². The molecule has 1 aromatic carbocycles. The zero-order chi connectivity index (χ0) is 20.9. The van der Waals surface area contributed by atoms with E-state index in [9.17, 15) is 4.79 Å². The van der Waals surface area contributed by atoms with Crippen LogP contribution in [-0.2, 0) is 6.42 Å². The molecule has 1 unspecified atom stereocenters. The topological polar surface area (TPSA) is 47.6 Å². The molecule has 2 bridgehead atoms. The smallest absolute Gasteiger partial charge is 0.315 e. The van der Waals surface area contributed by atoms with Gasteiger partial charge in [-0.25, -0.2) is 4.79 Å². The molecule has 4 aliphatic rings. The lowest BCUT2D eigenvalue weighted by Gasteiger charge is -2.51. The second-order valence-electron chi connectivity index (χ2n) is 10.1. The molecular formula is C25H40N4O. The van der Waals surface area contributed by atoms with Crippen molar-refractivity contribution in [3.05, 3.63) is 35.9 Å². The van der Waals surface area contributed by atoms with Gasteiger partial charge in [-0.1, -0.05) is 30.3 Å². The number of nitrogens with one attached hydrogen (secondary N) is 2. The number of likely N-dealkylation sites (tertiary alicyclic amines) is 1. The molecule has 166 valence electrons. The predicted molar refractivity (Wildman–Crippen MR) is 123 cm³/mol. The molecule has 2 N–H and O–H groups in total. The first kappa shape index (κ1) is 21.6. The van der Waals surface area contributed by atoms with E-state index in [2.05, 4.69) is 50.8 Å². The monoisotopic (exact) mass is 412 g/mol. The number of hydrogen-bond donors (Lipinski definition) is 2. The Balaban J connectivity index is 1.19. The van der Waals surface area contributed by atoms with Gasteiger partial charge in [-0.2, -0.15) is 0 Å². The lowest BCUT2D eigenvalue weighted by molar-refractivity contribution is -0.0147. The zero-order valence-electron chi connectivity index (χ0n) is 18.9. The van der Waals surface area contributed by atoms with Crippen molar-refractivity contribution in [1.82, 2.24) is 20.4 Å². The summed E-state index contributed by atoms with van der Waals surface area (Å²) >= 11 is 0. The lowest BCUT2D eigenvalue weighted by Crippen LogP contribution is -2.59. The minimum Gasteiger partial charge on any atom is -0.337 e. The molecule has 5 rings (SSSR count). The second kappa shape index (κ2) is 10.1. The number of hydrogen-bond acceptors (Lipinski definition) is 3. The van der Waals surface area contributed by atoms with Crippen molar-refractivity contribution < 1.29 is 4.79 Å². The van der Waals surface area contributed by atoms with Crippen molar-refractivity contribution in [3.63, 3.8) is 0 Å². The van der Waals surface area contributed by atoms with Crippen LogP contribution in [0.15, 0.2) is 30.3 Å². The van der Waals surface area contributed by atoms with Gasteiger partial charge < -0.3 is 15.5 Å². The number of urea groups is 1. The average molecular weight is 413 g/mol. The first-order chi connectivity index (χ1) is 14.6. The molecule has 4 fully saturated rings. The summed E-state index contributed by atoms with van der Waals surface area (Å²) < 4.78 is 0. The van der Waals surface area contributed by atoms with Gasteiger partial charge in [0.2, 0.25) is 0 Å². The maximum absolute atomic E-state index is 11.9. The third-order valence-corrected chi connectivity index (χ3v) is 7.50. The van der Waals surface area contributed by atoms with Gasteiger partial charge >= 0.3 is 6.03 Å². The summed E-state index contributed by atoms with van der Waals surface area (Å²) in [4.78, 5) is 17.3. The van der Waals surface area contributed by atoms with E-state index in [1.165, 1.54) is 70.4 Å². The molecule has 0 aliphatic carbocycles. The molecule has 4 aliphatic heterocycles. The van der Waals surface area contributed by atoms with Gasteiger partial charge in [0.1, 0.15) is 0 Å². The van der Waals surface area contributed by atoms with Crippen LogP contribution in [-0.4, -0.2) is 67.2 Å². The summed E-state index contributed by atoms with van der Waals surface area (Å²) in [5.41, 5.74) is 1.50. The van der Waals surface area contributed by atoms with Gasteiger partial charge in [0.15, 0.2) is 0 Å². The average Bonchev–Trinajstić information content (AvgIpc) is 2.75. The molecule has 4 atom stereocenters. The summed E-state index contributed by atoms with van der Waals surface area (Å²) in [7, 11) is 0. The van der Waals surface area contributed by atoms with Crippen molar-refractivity contribution in [3.8, 4) is 0 Å². The highest BCUT2D eigenvalue weighted by Gasteiger charge is 2.40. The lowest BCUT2D eigenvalue weighted by atomic mass is 9.75. The van der Waals surface area contributed by atoms with Crippen LogP contribution in [0.5, 0.6) is 0 Å². The van der Waals surface area contributed by atoms with E-state index in [1.807, 2.05) is 13.8 Å². The Hall–Kier alpha value is -1.59. The number of rotatable bonds is 7. The third-order valence-electron chi connectivity index (χ3n) is 7.50. The highest BCUT2D eigenvalue weighted by atomic mass is 16.2. The number of fused-ring (bicyclic) bond motifs is 3. The largest absolute Gasteiger partial charge is 0.337 e. The minimum atomic E-state index is -0.0254. The molecule has 5 nitrogen and oxygen atoms in total. The molecule has 0 saturated carbocycles. The molecule has 0 radical (unpaired) electrons. The number of piperidine rings is 4. The van der Waals surface area contributed by atoms with E-state index in [1.54, 1.807) is 0 Å². The third kappa shape index (κ3) is 5.76. The molecule has 4 heterocycles. The number of nitrogens with zero attached hydrogens (tertiary/aromatic N) is 2. The molecule has 1 aromatic rings. The molecule has 0 spiro atoms. The van der Waals surface area contributed by atoms with Gasteiger partial charge in [0, 0.05) is 31.7 Å². The van der Waals surface area contributed by atoms with Crippen LogP contribution in [0.4, 0.5) is 4.79 Å². The predicted octanol–water partition coefficient (Wildman–Crippen LogP) is 3.36. The molecular weight excluding hydrogens is 372 g/mol. The Morgan fingerprint density at radius 2 is 1.87 bits per heavy atom. The van der Waals surface area contributed by atoms with Crippen LogP contribution in [0.2, 0.25) is 0 Å². The van der Waals surface area contributed by atoms with Crippen molar-refractivity contribution >= 4 is 6.03 Å². The Morgan fingerprint density at radius 1 is 1.10 bits per heavy atom. The van der Waals surface area contributed by atoms with Gasteiger partial charge in [-0.3, -0.25) is 4.90 Å². The quantitative estimate of drug-likeness (QED) is 0.722. The normalized spacial score (nSPS) is 29.8. The number of carbonyl (C=O) groups is 1. The molecule has 4 saturated heterocycles. The fourth-order valence-corrected chi connectivity index (χ4v) is 5.84. The highest BCUT2D eigenvalue weighted by Crippen LogP contribution is 2.37. The maximum Gasteiger partial charge on any atom is 0.315 e. The highest BCUT2D eigenvalue weighted by molar-refractivity contribution is 5.74. The number of carbonyl (C=O) groups excluding carboxylic acids is 1. The zero-order valence-corrected chi connectivity index (χ0v) is 18.9.